The first-order chi connectivity index (χ1) is 16.2. The van der Waals surface area contributed by atoms with Gasteiger partial charge in [-0.15, -0.1) is 0 Å². The van der Waals surface area contributed by atoms with Gasteiger partial charge in [-0.05, 0) is 80.9 Å². The zero-order valence-corrected chi connectivity index (χ0v) is 21.8. The summed E-state index contributed by atoms with van der Waals surface area (Å²) in [5, 5.41) is 0. The van der Waals surface area contributed by atoms with Crippen molar-refractivity contribution in [3.8, 4) is 5.75 Å². The van der Waals surface area contributed by atoms with E-state index in [2.05, 4.69) is 27.8 Å². The highest BCUT2D eigenvalue weighted by molar-refractivity contribution is 9.10. The molecule has 0 aromatic heterocycles. The van der Waals surface area contributed by atoms with E-state index >= 15 is 0 Å². The molecule has 1 unspecified atom stereocenters. The maximum absolute atomic E-state index is 12.6. The molecule has 0 amide bonds. The standard InChI is InChI=1S/C29H40BrNO2/c1-2-3-4-5-6-7-8-9-10-21-31-22-11-12-27(31)23-33-28-19-15-25(16-20-28)29(32)24-13-17-26(30)18-14-24/h13-20,27H,2-12,21-23H2,1H3. The van der Waals surface area contributed by atoms with Crippen LogP contribution in [0.15, 0.2) is 53.0 Å². The second-order valence-corrected chi connectivity index (χ2v) is 10.2. The zero-order chi connectivity index (χ0) is 23.3. The van der Waals surface area contributed by atoms with Gasteiger partial charge in [0.05, 0.1) is 0 Å². The minimum absolute atomic E-state index is 0.0389. The lowest BCUT2D eigenvalue weighted by Crippen LogP contribution is -2.34. The molecule has 0 saturated carbocycles. The van der Waals surface area contributed by atoms with Gasteiger partial charge < -0.3 is 4.74 Å². The highest BCUT2D eigenvalue weighted by Gasteiger charge is 2.24. The predicted molar refractivity (Wildman–Crippen MR) is 141 cm³/mol. The lowest BCUT2D eigenvalue weighted by Gasteiger charge is -2.24. The Morgan fingerprint density at radius 1 is 0.879 bits per heavy atom. The summed E-state index contributed by atoms with van der Waals surface area (Å²) < 4.78 is 7.08. The van der Waals surface area contributed by atoms with Crippen LogP contribution in [0, 0.1) is 0 Å². The molecule has 0 spiro atoms. The molecule has 0 radical (unpaired) electrons. The Hall–Kier alpha value is -1.65. The monoisotopic (exact) mass is 513 g/mol. The number of halogens is 1. The number of hydrogen-bond acceptors (Lipinski definition) is 3. The van der Waals surface area contributed by atoms with Crippen molar-refractivity contribution in [3.63, 3.8) is 0 Å². The van der Waals surface area contributed by atoms with Crippen molar-refractivity contribution in [1.82, 2.24) is 4.90 Å². The molecule has 4 heteroatoms. The molecule has 0 N–H and O–H groups in total. The normalized spacial score (nSPS) is 16.2. The number of unbranched alkanes of at least 4 members (excludes halogenated alkanes) is 8. The number of hydrogen-bond donors (Lipinski definition) is 0. The third-order valence-corrected chi connectivity index (χ3v) is 7.24. The number of ether oxygens (including phenoxy) is 1. The van der Waals surface area contributed by atoms with Crippen LogP contribution in [0.4, 0.5) is 0 Å². The molecule has 2 aromatic carbocycles. The van der Waals surface area contributed by atoms with Crippen LogP contribution in [0.5, 0.6) is 5.75 Å². The number of rotatable bonds is 15. The lowest BCUT2D eigenvalue weighted by atomic mass is 10.0. The maximum Gasteiger partial charge on any atom is 0.193 e. The smallest absolute Gasteiger partial charge is 0.193 e. The van der Waals surface area contributed by atoms with Crippen molar-refractivity contribution in [1.29, 1.82) is 0 Å². The molecule has 3 nitrogen and oxygen atoms in total. The van der Waals surface area contributed by atoms with Crippen molar-refractivity contribution in [2.45, 2.75) is 83.6 Å². The highest BCUT2D eigenvalue weighted by Crippen LogP contribution is 2.22. The quantitative estimate of drug-likeness (QED) is 0.178. The van der Waals surface area contributed by atoms with E-state index < -0.39 is 0 Å². The van der Waals surface area contributed by atoms with Crippen LogP contribution >= 0.6 is 15.9 Å². The van der Waals surface area contributed by atoms with Crippen LogP contribution in [-0.4, -0.2) is 36.4 Å². The van der Waals surface area contributed by atoms with Gasteiger partial charge in [0, 0.05) is 21.6 Å². The fourth-order valence-corrected chi connectivity index (χ4v) is 4.93. The Labute approximate surface area is 209 Å². The fraction of sp³-hybridized carbons (Fsp3) is 0.552. The van der Waals surface area contributed by atoms with E-state index in [4.69, 9.17) is 4.74 Å². The summed E-state index contributed by atoms with van der Waals surface area (Å²) in [7, 11) is 0. The third kappa shape index (κ3) is 8.90. The Bertz CT molecular complexity index is 819. The Kier molecular flexibility index (Phi) is 11.5. The third-order valence-electron chi connectivity index (χ3n) is 6.71. The second-order valence-electron chi connectivity index (χ2n) is 9.33. The summed E-state index contributed by atoms with van der Waals surface area (Å²) in [5.41, 5.74) is 1.39. The Balaban J connectivity index is 1.35. The average Bonchev–Trinajstić information content (AvgIpc) is 3.29. The lowest BCUT2D eigenvalue weighted by molar-refractivity contribution is 0.103. The number of ketones is 1. The molecule has 33 heavy (non-hydrogen) atoms. The minimum Gasteiger partial charge on any atom is -0.492 e. The number of nitrogens with zero attached hydrogens (tertiary/aromatic N) is 1. The number of benzene rings is 2. The van der Waals surface area contributed by atoms with Gasteiger partial charge in [0.2, 0.25) is 0 Å². The largest absolute Gasteiger partial charge is 0.492 e. The van der Waals surface area contributed by atoms with E-state index in [1.165, 1.54) is 83.7 Å². The van der Waals surface area contributed by atoms with E-state index in [0.29, 0.717) is 17.2 Å². The van der Waals surface area contributed by atoms with Crippen LogP contribution in [0.1, 0.15) is 93.5 Å². The molecule has 1 aliphatic heterocycles. The van der Waals surface area contributed by atoms with Crippen molar-refractivity contribution >= 4 is 21.7 Å². The van der Waals surface area contributed by atoms with Gasteiger partial charge in [0.1, 0.15) is 12.4 Å². The van der Waals surface area contributed by atoms with Crippen LogP contribution in [0.2, 0.25) is 0 Å². The summed E-state index contributed by atoms with van der Waals surface area (Å²) >= 11 is 3.41. The molecule has 1 atom stereocenters. The van der Waals surface area contributed by atoms with E-state index in [9.17, 15) is 4.79 Å². The summed E-state index contributed by atoms with van der Waals surface area (Å²) in [5.74, 6) is 0.884. The van der Waals surface area contributed by atoms with Crippen LogP contribution in [-0.2, 0) is 0 Å². The van der Waals surface area contributed by atoms with Crippen LogP contribution in [0.25, 0.3) is 0 Å². The van der Waals surface area contributed by atoms with Gasteiger partial charge in [0.25, 0.3) is 0 Å². The van der Waals surface area contributed by atoms with E-state index in [-0.39, 0.29) is 5.78 Å². The Morgan fingerprint density at radius 2 is 1.45 bits per heavy atom. The number of likely N-dealkylation sites (tertiary alicyclic amines) is 1. The molecule has 0 bridgehead atoms. The zero-order valence-electron chi connectivity index (χ0n) is 20.2. The van der Waals surface area contributed by atoms with Gasteiger partial charge in [-0.1, -0.05) is 74.2 Å². The van der Waals surface area contributed by atoms with Gasteiger partial charge >= 0.3 is 0 Å². The SMILES string of the molecule is CCCCCCCCCCCN1CCCC1COc1ccc(C(=O)c2ccc(Br)cc2)cc1. The molecule has 1 aliphatic rings. The summed E-state index contributed by atoms with van der Waals surface area (Å²) in [6.45, 7) is 5.41. The van der Waals surface area contributed by atoms with Crippen molar-refractivity contribution in [3.05, 3.63) is 64.1 Å². The van der Waals surface area contributed by atoms with Gasteiger partial charge in [0.15, 0.2) is 5.78 Å². The number of carbonyl (C=O) groups is 1. The first-order valence-corrected chi connectivity index (χ1v) is 13.7. The molecule has 1 heterocycles. The molecular weight excluding hydrogens is 474 g/mol. The summed E-state index contributed by atoms with van der Waals surface area (Å²) in [6, 6.07) is 15.6. The first kappa shape index (κ1) is 26.0. The molecule has 1 fully saturated rings. The molecule has 0 aliphatic carbocycles. The fourth-order valence-electron chi connectivity index (χ4n) is 4.67. The van der Waals surface area contributed by atoms with Crippen molar-refractivity contribution in [2.75, 3.05) is 19.7 Å². The molecule has 1 saturated heterocycles. The van der Waals surface area contributed by atoms with Gasteiger partial charge in [-0.2, -0.15) is 0 Å². The topological polar surface area (TPSA) is 29.5 Å². The van der Waals surface area contributed by atoms with Crippen LogP contribution in [0.3, 0.4) is 0 Å². The first-order valence-electron chi connectivity index (χ1n) is 12.9. The Morgan fingerprint density at radius 3 is 2.09 bits per heavy atom. The molecule has 3 rings (SSSR count). The molecule has 2 aromatic rings. The van der Waals surface area contributed by atoms with Gasteiger partial charge in [-0.3, -0.25) is 9.69 Å². The summed E-state index contributed by atoms with van der Waals surface area (Å²) in [4.78, 5) is 15.3. The molecular formula is C29H40BrNO2. The van der Waals surface area contributed by atoms with Gasteiger partial charge in [-0.25, -0.2) is 0 Å². The van der Waals surface area contributed by atoms with Crippen LogP contribution < -0.4 is 4.74 Å². The second kappa shape index (κ2) is 14.6. The predicted octanol–water partition coefficient (Wildman–Crippen LogP) is 8.05. The molecule has 180 valence electrons. The van der Waals surface area contributed by atoms with E-state index in [1.807, 2.05) is 48.5 Å². The van der Waals surface area contributed by atoms with Crippen molar-refractivity contribution < 1.29 is 9.53 Å². The summed E-state index contributed by atoms with van der Waals surface area (Å²) in [6.07, 6.45) is 14.9. The van der Waals surface area contributed by atoms with E-state index in [0.717, 1.165) is 16.8 Å². The minimum atomic E-state index is 0.0389. The maximum atomic E-state index is 12.6. The number of carbonyl (C=O) groups excluding carboxylic acids is 1. The van der Waals surface area contributed by atoms with E-state index in [1.54, 1.807) is 0 Å². The highest BCUT2D eigenvalue weighted by atomic mass is 79.9. The average molecular weight is 515 g/mol. The van der Waals surface area contributed by atoms with Crippen molar-refractivity contribution in [2.24, 2.45) is 0 Å².